The fourth-order valence-electron chi connectivity index (χ4n) is 5.49. The summed E-state index contributed by atoms with van der Waals surface area (Å²) in [6, 6.07) is 12.8. The summed E-state index contributed by atoms with van der Waals surface area (Å²) in [5.74, 6) is 2.63. The third-order valence-corrected chi connectivity index (χ3v) is 7.24. The molecule has 0 spiro atoms. The molecule has 0 radical (unpaired) electrons. The van der Waals surface area contributed by atoms with Gasteiger partial charge in [-0.1, -0.05) is 12.5 Å². The fourth-order valence-corrected chi connectivity index (χ4v) is 5.49. The van der Waals surface area contributed by atoms with Crippen LogP contribution >= 0.6 is 0 Å². The number of nitrogens with zero attached hydrogens (tertiary/aromatic N) is 2. The van der Waals surface area contributed by atoms with Gasteiger partial charge in [0.25, 0.3) is 0 Å². The van der Waals surface area contributed by atoms with Gasteiger partial charge in [0.15, 0.2) is 0 Å². The first-order chi connectivity index (χ1) is 16.2. The van der Waals surface area contributed by atoms with Gasteiger partial charge in [0, 0.05) is 36.6 Å². The number of likely N-dealkylation sites (tertiary alicyclic amines) is 1. The maximum Gasteiger partial charge on any atom is 0.123 e. The third kappa shape index (κ3) is 4.84. The van der Waals surface area contributed by atoms with E-state index in [4.69, 9.17) is 14.2 Å². The molecule has 3 heterocycles. The molecule has 0 atom stereocenters. The average molecular weight is 449 g/mol. The van der Waals surface area contributed by atoms with Crippen LogP contribution in [-0.2, 0) is 0 Å². The molecule has 0 N–H and O–H groups in total. The van der Waals surface area contributed by atoms with Crippen LogP contribution in [0.2, 0.25) is 0 Å². The maximum atomic E-state index is 6.22. The zero-order chi connectivity index (χ0) is 22.6. The van der Waals surface area contributed by atoms with Crippen LogP contribution in [-0.4, -0.2) is 63.4 Å². The molecule has 2 aromatic carbocycles. The number of ether oxygens (including phenoxy) is 3. The van der Waals surface area contributed by atoms with E-state index in [9.17, 15) is 0 Å². The van der Waals surface area contributed by atoms with Crippen LogP contribution in [0.4, 0.5) is 0 Å². The largest absolute Gasteiger partial charge is 0.497 e. The molecule has 0 saturated carbocycles. The summed E-state index contributed by atoms with van der Waals surface area (Å²) in [5.41, 5.74) is 3.94. The molecule has 33 heavy (non-hydrogen) atoms. The Bertz CT molecular complexity index is 1080. The predicted octanol–water partition coefficient (Wildman–Crippen LogP) is 3.38. The molecule has 2 aromatic rings. The lowest BCUT2D eigenvalue weighted by molar-refractivity contribution is 0.205. The molecule has 5 heteroatoms. The summed E-state index contributed by atoms with van der Waals surface area (Å²) in [6.07, 6.45) is 7.52. The molecule has 0 aromatic heterocycles. The van der Waals surface area contributed by atoms with Crippen molar-refractivity contribution in [1.29, 1.82) is 0 Å². The highest BCUT2D eigenvalue weighted by atomic mass is 16.5. The Balaban J connectivity index is 1.42. The van der Waals surface area contributed by atoms with Gasteiger partial charge in [-0.2, -0.15) is 0 Å². The van der Waals surface area contributed by atoms with Crippen molar-refractivity contribution >= 4 is 11.3 Å². The highest BCUT2D eigenvalue weighted by Crippen LogP contribution is 2.30. The average Bonchev–Trinajstić information content (AvgIpc) is 3.35. The van der Waals surface area contributed by atoms with Gasteiger partial charge in [0.05, 0.1) is 20.8 Å². The molecule has 0 amide bonds. The van der Waals surface area contributed by atoms with Gasteiger partial charge in [-0.05, 0) is 85.8 Å². The summed E-state index contributed by atoms with van der Waals surface area (Å²) in [7, 11) is 3.42. The van der Waals surface area contributed by atoms with E-state index in [1.165, 1.54) is 60.5 Å². The number of methoxy groups -OCH3 is 2. The van der Waals surface area contributed by atoms with Crippen LogP contribution in [0.3, 0.4) is 0 Å². The quantitative estimate of drug-likeness (QED) is 0.579. The summed E-state index contributed by atoms with van der Waals surface area (Å²) in [5, 5.41) is 2.63. The summed E-state index contributed by atoms with van der Waals surface area (Å²) in [6.45, 7) is 6.46. The topological polar surface area (TPSA) is 34.2 Å². The lowest BCUT2D eigenvalue weighted by atomic mass is 9.97. The number of benzene rings is 2. The highest BCUT2D eigenvalue weighted by Gasteiger charge is 2.24. The second kappa shape index (κ2) is 10.1. The van der Waals surface area contributed by atoms with Crippen LogP contribution in [0.15, 0.2) is 36.4 Å². The molecular weight excluding hydrogens is 412 g/mol. The van der Waals surface area contributed by atoms with Crippen LogP contribution in [0.25, 0.3) is 11.3 Å². The molecule has 5 nitrogen and oxygen atoms in total. The van der Waals surface area contributed by atoms with Crippen molar-refractivity contribution in [2.24, 2.45) is 0 Å². The van der Waals surface area contributed by atoms with Gasteiger partial charge >= 0.3 is 0 Å². The summed E-state index contributed by atoms with van der Waals surface area (Å²) >= 11 is 0. The molecule has 5 rings (SSSR count). The SMILES string of the molecule is COc1cc(OC)cc(C2=c3ccc(OCCCN4CCCCC4)cc3=C3CCCN3C2)c1. The van der Waals surface area contributed by atoms with Crippen molar-refractivity contribution in [3.8, 4) is 17.2 Å². The van der Waals surface area contributed by atoms with Gasteiger partial charge in [0.2, 0.25) is 0 Å². The van der Waals surface area contributed by atoms with E-state index in [2.05, 4.69) is 40.1 Å². The molecular formula is C28H36N2O3. The smallest absolute Gasteiger partial charge is 0.123 e. The lowest BCUT2D eigenvalue weighted by Crippen LogP contribution is -2.41. The van der Waals surface area contributed by atoms with Gasteiger partial charge in [-0.3, -0.25) is 0 Å². The van der Waals surface area contributed by atoms with E-state index < -0.39 is 0 Å². The van der Waals surface area contributed by atoms with Crippen LogP contribution < -0.4 is 24.6 Å². The van der Waals surface area contributed by atoms with Gasteiger partial charge < -0.3 is 24.0 Å². The van der Waals surface area contributed by atoms with Gasteiger partial charge in [-0.25, -0.2) is 0 Å². The number of rotatable bonds is 8. The Morgan fingerprint density at radius 2 is 1.58 bits per heavy atom. The maximum absolute atomic E-state index is 6.22. The van der Waals surface area contributed by atoms with E-state index in [0.29, 0.717) is 0 Å². The summed E-state index contributed by atoms with van der Waals surface area (Å²) < 4.78 is 17.3. The Kier molecular flexibility index (Phi) is 6.77. The Labute approximate surface area is 197 Å². The van der Waals surface area contributed by atoms with Crippen molar-refractivity contribution in [3.63, 3.8) is 0 Å². The van der Waals surface area contributed by atoms with E-state index in [0.717, 1.165) is 61.9 Å². The zero-order valence-electron chi connectivity index (χ0n) is 20.1. The fraction of sp³-hybridized carbons (Fsp3) is 0.500. The second-order valence-corrected chi connectivity index (χ2v) is 9.36. The van der Waals surface area contributed by atoms with E-state index in [-0.39, 0.29) is 0 Å². The van der Waals surface area contributed by atoms with Crippen LogP contribution in [0, 0.1) is 0 Å². The normalized spacial score (nSPS) is 18.2. The van der Waals surface area contributed by atoms with Crippen molar-refractivity contribution < 1.29 is 14.2 Å². The molecule has 2 fully saturated rings. The molecule has 2 saturated heterocycles. The molecule has 0 aliphatic carbocycles. The van der Waals surface area contributed by atoms with Crippen LogP contribution in [0.5, 0.6) is 17.2 Å². The van der Waals surface area contributed by atoms with Gasteiger partial charge in [-0.15, -0.1) is 0 Å². The predicted molar refractivity (Wildman–Crippen MR) is 132 cm³/mol. The molecule has 3 aliphatic rings. The number of piperidine rings is 1. The number of hydrogen-bond donors (Lipinski definition) is 0. The van der Waals surface area contributed by atoms with E-state index in [1.807, 2.05) is 6.07 Å². The first kappa shape index (κ1) is 22.1. The Morgan fingerprint density at radius 3 is 2.33 bits per heavy atom. The summed E-state index contributed by atoms with van der Waals surface area (Å²) in [4.78, 5) is 5.11. The van der Waals surface area contributed by atoms with Crippen molar-refractivity contribution in [2.75, 3.05) is 53.6 Å². The minimum absolute atomic E-state index is 0.776. The van der Waals surface area contributed by atoms with E-state index in [1.54, 1.807) is 14.2 Å². The van der Waals surface area contributed by atoms with E-state index >= 15 is 0 Å². The molecule has 0 unspecified atom stereocenters. The minimum atomic E-state index is 0.776. The first-order valence-corrected chi connectivity index (χ1v) is 12.4. The third-order valence-electron chi connectivity index (χ3n) is 7.24. The van der Waals surface area contributed by atoms with Crippen molar-refractivity contribution in [1.82, 2.24) is 9.80 Å². The van der Waals surface area contributed by atoms with Crippen molar-refractivity contribution in [3.05, 3.63) is 52.4 Å². The highest BCUT2D eigenvalue weighted by molar-refractivity contribution is 5.73. The minimum Gasteiger partial charge on any atom is -0.497 e. The lowest BCUT2D eigenvalue weighted by Gasteiger charge is -2.27. The Hall–Kier alpha value is -2.66. The Morgan fingerprint density at radius 1 is 0.788 bits per heavy atom. The van der Waals surface area contributed by atoms with Crippen molar-refractivity contribution in [2.45, 2.75) is 38.5 Å². The molecule has 176 valence electrons. The number of fused-ring (bicyclic) bond motifs is 2. The van der Waals surface area contributed by atoms with Gasteiger partial charge in [0.1, 0.15) is 17.2 Å². The number of hydrogen-bond acceptors (Lipinski definition) is 5. The monoisotopic (exact) mass is 448 g/mol. The zero-order valence-corrected chi connectivity index (χ0v) is 20.1. The standard InChI is InChI=1S/C28H36N2O3/c1-31-23-16-21(17-24(18-23)32-2)27-20-30-14-6-8-28(30)26-19-22(9-10-25(26)27)33-15-7-13-29-11-4-3-5-12-29/h9-10,16-19H,3-8,11-15,20H2,1-2H3. The molecule has 3 aliphatic heterocycles. The first-order valence-electron chi connectivity index (χ1n) is 12.4. The molecule has 0 bridgehead atoms. The second-order valence-electron chi connectivity index (χ2n) is 9.36. The van der Waals surface area contributed by atoms with Crippen LogP contribution in [0.1, 0.15) is 44.1 Å².